The van der Waals surface area contributed by atoms with Gasteiger partial charge in [-0.1, -0.05) is 20.8 Å². The van der Waals surface area contributed by atoms with Crippen LogP contribution in [0.5, 0.6) is 0 Å². The maximum Gasteiger partial charge on any atom is 0.151 e. The van der Waals surface area contributed by atoms with Gasteiger partial charge in [0.2, 0.25) is 0 Å². The number of hydrogen-bond acceptors (Lipinski definition) is 4. The maximum absolute atomic E-state index is 12.5. The van der Waals surface area contributed by atoms with Gasteiger partial charge in [0.05, 0.1) is 6.04 Å². The van der Waals surface area contributed by atoms with Gasteiger partial charge in [0, 0.05) is 23.8 Å². The Balaban J connectivity index is 1.85. The van der Waals surface area contributed by atoms with Crippen molar-refractivity contribution in [1.29, 1.82) is 0 Å². The first kappa shape index (κ1) is 17.6. The number of likely N-dealkylation sites (tertiary alicyclic amines) is 1. The van der Waals surface area contributed by atoms with E-state index < -0.39 is 0 Å². The average Bonchev–Trinajstić information content (AvgIpc) is 2.99. The number of Topliss-reactive ketones (excluding diaryl/α,β-unsaturated/α-hetero) is 2. The third-order valence-corrected chi connectivity index (χ3v) is 5.64. The lowest BCUT2D eigenvalue weighted by Gasteiger charge is -2.41. The Labute approximate surface area is 135 Å². The monoisotopic (exact) mass is 308 g/mol. The fraction of sp³-hybridized carbons (Fsp3) is 0.889. The second-order valence-corrected chi connectivity index (χ2v) is 7.76. The third-order valence-electron chi connectivity index (χ3n) is 5.64. The van der Waals surface area contributed by atoms with Crippen LogP contribution in [0.4, 0.5) is 0 Å². The van der Waals surface area contributed by atoms with Gasteiger partial charge >= 0.3 is 0 Å². The minimum atomic E-state index is -0.194. The molecule has 0 radical (unpaired) electrons. The van der Waals surface area contributed by atoms with Crippen LogP contribution in [0.3, 0.4) is 0 Å². The van der Waals surface area contributed by atoms with Crippen molar-refractivity contribution in [3.8, 4) is 0 Å². The minimum absolute atomic E-state index is 0.0129. The van der Waals surface area contributed by atoms with E-state index in [1.54, 1.807) is 0 Å². The summed E-state index contributed by atoms with van der Waals surface area (Å²) in [6.45, 7) is 10.9. The van der Waals surface area contributed by atoms with Crippen LogP contribution in [-0.2, 0) is 9.59 Å². The standard InChI is InChI=1S/C18H32N2O2/c1-13(2)17(22)18(4)7-10-20(11-8-18)14(3)16(21)12-15-6-5-9-19-15/h13-15,19H,5-12H2,1-4H3/t14?,15-/m0/s1. The van der Waals surface area contributed by atoms with Crippen LogP contribution in [0.25, 0.3) is 0 Å². The van der Waals surface area contributed by atoms with Crippen molar-refractivity contribution in [3.05, 3.63) is 0 Å². The van der Waals surface area contributed by atoms with E-state index in [4.69, 9.17) is 0 Å². The maximum atomic E-state index is 12.5. The molecule has 2 saturated heterocycles. The van der Waals surface area contributed by atoms with Crippen molar-refractivity contribution in [2.45, 2.75) is 71.9 Å². The fourth-order valence-corrected chi connectivity index (χ4v) is 3.90. The summed E-state index contributed by atoms with van der Waals surface area (Å²) in [4.78, 5) is 27.1. The number of piperidine rings is 1. The van der Waals surface area contributed by atoms with E-state index in [9.17, 15) is 9.59 Å². The summed E-state index contributed by atoms with van der Waals surface area (Å²) < 4.78 is 0. The molecule has 2 atom stereocenters. The first-order chi connectivity index (χ1) is 10.3. The number of carbonyl (C=O) groups excluding carboxylic acids is 2. The lowest BCUT2D eigenvalue weighted by atomic mass is 9.73. The van der Waals surface area contributed by atoms with Gasteiger partial charge in [-0.15, -0.1) is 0 Å². The molecular weight excluding hydrogens is 276 g/mol. The summed E-state index contributed by atoms with van der Waals surface area (Å²) in [7, 11) is 0. The molecule has 22 heavy (non-hydrogen) atoms. The second-order valence-electron chi connectivity index (χ2n) is 7.76. The summed E-state index contributed by atoms with van der Waals surface area (Å²) in [5.41, 5.74) is -0.194. The van der Waals surface area contributed by atoms with Crippen LogP contribution in [0.2, 0.25) is 0 Å². The first-order valence-corrected chi connectivity index (χ1v) is 8.88. The smallest absolute Gasteiger partial charge is 0.151 e. The molecule has 126 valence electrons. The molecule has 4 heteroatoms. The largest absolute Gasteiger partial charge is 0.314 e. The topological polar surface area (TPSA) is 49.4 Å². The Bertz CT molecular complexity index is 405. The predicted octanol–water partition coefficient (Wildman–Crippen LogP) is 2.41. The molecule has 0 spiro atoms. The van der Waals surface area contributed by atoms with Crippen LogP contribution < -0.4 is 5.32 Å². The second kappa shape index (κ2) is 7.22. The normalized spacial score (nSPS) is 27.0. The Morgan fingerprint density at radius 2 is 1.86 bits per heavy atom. The van der Waals surface area contributed by atoms with E-state index in [0.717, 1.165) is 38.9 Å². The van der Waals surface area contributed by atoms with Crippen molar-refractivity contribution in [2.24, 2.45) is 11.3 Å². The van der Waals surface area contributed by atoms with Gasteiger partial charge in [-0.25, -0.2) is 0 Å². The molecule has 0 saturated carbocycles. The van der Waals surface area contributed by atoms with Crippen LogP contribution in [0.1, 0.15) is 59.8 Å². The highest BCUT2D eigenvalue weighted by Gasteiger charge is 2.39. The van der Waals surface area contributed by atoms with E-state index in [1.165, 1.54) is 6.42 Å². The number of ketones is 2. The molecule has 2 fully saturated rings. The molecule has 0 aromatic carbocycles. The Morgan fingerprint density at radius 3 is 2.36 bits per heavy atom. The predicted molar refractivity (Wildman–Crippen MR) is 88.9 cm³/mol. The Hall–Kier alpha value is -0.740. The van der Waals surface area contributed by atoms with Crippen molar-refractivity contribution in [1.82, 2.24) is 10.2 Å². The summed E-state index contributed by atoms with van der Waals surface area (Å²) in [6.07, 6.45) is 4.72. The van der Waals surface area contributed by atoms with Gasteiger partial charge in [0.1, 0.15) is 5.78 Å². The van der Waals surface area contributed by atoms with Gasteiger partial charge in [-0.05, 0) is 52.2 Å². The Morgan fingerprint density at radius 1 is 1.23 bits per heavy atom. The lowest BCUT2D eigenvalue weighted by molar-refractivity contribution is -0.134. The summed E-state index contributed by atoms with van der Waals surface area (Å²) in [6, 6.07) is 0.369. The van der Waals surface area contributed by atoms with Crippen molar-refractivity contribution in [3.63, 3.8) is 0 Å². The summed E-state index contributed by atoms with van der Waals surface area (Å²) in [5, 5.41) is 3.40. The molecule has 0 bridgehead atoms. The molecule has 2 heterocycles. The number of hydrogen-bond donors (Lipinski definition) is 1. The highest BCUT2D eigenvalue weighted by molar-refractivity contribution is 5.86. The van der Waals surface area contributed by atoms with Gasteiger partial charge < -0.3 is 5.32 Å². The van der Waals surface area contributed by atoms with Crippen LogP contribution >= 0.6 is 0 Å². The van der Waals surface area contributed by atoms with Gasteiger partial charge in [0.15, 0.2) is 5.78 Å². The molecule has 0 aliphatic carbocycles. The van der Waals surface area contributed by atoms with Crippen molar-refractivity contribution < 1.29 is 9.59 Å². The molecular formula is C18H32N2O2. The highest BCUT2D eigenvalue weighted by atomic mass is 16.1. The zero-order chi connectivity index (χ0) is 16.3. The van der Waals surface area contributed by atoms with Gasteiger partial charge in [0.25, 0.3) is 0 Å². The molecule has 0 aromatic heterocycles. The quantitative estimate of drug-likeness (QED) is 0.818. The fourth-order valence-electron chi connectivity index (χ4n) is 3.90. The molecule has 1 N–H and O–H groups in total. The van der Waals surface area contributed by atoms with E-state index in [2.05, 4.69) is 17.1 Å². The van der Waals surface area contributed by atoms with Gasteiger partial charge in [-0.2, -0.15) is 0 Å². The minimum Gasteiger partial charge on any atom is -0.314 e. The molecule has 0 aromatic rings. The molecule has 2 rings (SSSR count). The molecule has 1 unspecified atom stereocenters. The van der Waals surface area contributed by atoms with Crippen LogP contribution in [-0.4, -0.2) is 48.2 Å². The summed E-state index contributed by atoms with van der Waals surface area (Å²) >= 11 is 0. The summed E-state index contributed by atoms with van der Waals surface area (Å²) in [5.74, 6) is 0.823. The number of carbonyl (C=O) groups is 2. The van der Waals surface area contributed by atoms with E-state index in [0.29, 0.717) is 24.0 Å². The highest BCUT2D eigenvalue weighted by Crippen LogP contribution is 2.35. The first-order valence-electron chi connectivity index (χ1n) is 8.88. The zero-order valence-corrected chi connectivity index (χ0v) is 14.7. The van der Waals surface area contributed by atoms with E-state index in [1.807, 2.05) is 20.8 Å². The SMILES string of the molecule is CC(C)C(=O)C1(C)CCN(C(C)C(=O)C[C@@H]2CCCN2)CC1. The van der Waals surface area contributed by atoms with Crippen molar-refractivity contribution in [2.75, 3.05) is 19.6 Å². The molecule has 2 aliphatic heterocycles. The van der Waals surface area contributed by atoms with E-state index >= 15 is 0 Å². The van der Waals surface area contributed by atoms with E-state index in [-0.39, 0.29) is 17.4 Å². The molecule has 4 nitrogen and oxygen atoms in total. The zero-order valence-electron chi connectivity index (χ0n) is 14.7. The van der Waals surface area contributed by atoms with Crippen LogP contribution in [0.15, 0.2) is 0 Å². The van der Waals surface area contributed by atoms with Crippen LogP contribution in [0, 0.1) is 11.3 Å². The Kier molecular flexibility index (Phi) is 5.78. The third kappa shape index (κ3) is 3.96. The van der Waals surface area contributed by atoms with Gasteiger partial charge in [-0.3, -0.25) is 14.5 Å². The number of nitrogens with one attached hydrogen (secondary N) is 1. The number of rotatable bonds is 6. The average molecular weight is 308 g/mol. The number of nitrogens with zero attached hydrogens (tertiary/aromatic N) is 1. The lowest BCUT2D eigenvalue weighted by Crippen LogP contribution is -2.49. The van der Waals surface area contributed by atoms with Crippen molar-refractivity contribution >= 4 is 11.6 Å². The molecule has 0 amide bonds. The molecule has 2 aliphatic rings.